The van der Waals surface area contributed by atoms with E-state index in [0.29, 0.717) is 62.2 Å². The summed E-state index contributed by atoms with van der Waals surface area (Å²) in [6.45, 7) is 5.08. The molecule has 4 aromatic rings. The predicted molar refractivity (Wildman–Crippen MR) is 150 cm³/mol. The molecule has 2 aliphatic rings. The second-order valence-electron chi connectivity index (χ2n) is 9.23. The van der Waals surface area contributed by atoms with E-state index in [-0.39, 0.29) is 5.91 Å². The van der Waals surface area contributed by atoms with E-state index in [1.807, 2.05) is 41.3 Å². The van der Waals surface area contributed by atoms with Gasteiger partial charge < -0.3 is 30.4 Å². The van der Waals surface area contributed by atoms with Crippen LogP contribution in [0.4, 0.5) is 11.5 Å². The lowest BCUT2D eigenvalue weighted by Gasteiger charge is -2.28. The number of fused-ring (bicyclic) bond motifs is 1. The van der Waals surface area contributed by atoms with Crippen LogP contribution in [0, 0.1) is 5.41 Å². The number of rotatable bonds is 5. The van der Waals surface area contributed by atoms with Gasteiger partial charge in [-0.1, -0.05) is 24.3 Å². The van der Waals surface area contributed by atoms with E-state index in [1.54, 1.807) is 17.4 Å². The number of carbonyl (C=O) groups excluding carboxylic acids is 1. The fourth-order valence-electron chi connectivity index (χ4n) is 4.86. The highest BCUT2D eigenvalue weighted by Gasteiger charge is 2.23. The molecule has 6 rings (SSSR count). The molecule has 2 aromatic carbocycles. The molecule has 2 saturated heterocycles. The molecular weight excluding hydrogens is 500 g/mol. The van der Waals surface area contributed by atoms with Crippen LogP contribution in [0.2, 0.25) is 0 Å². The Morgan fingerprint density at radius 3 is 2.47 bits per heavy atom. The van der Waals surface area contributed by atoms with Gasteiger partial charge in [-0.25, -0.2) is 9.97 Å². The average molecular weight is 529 g/mol. The summed E-state index contributed by atoms with van der Waals surface area (Å²) in [5, 5.41) is 7.91. The monoisotopic (exact) mass is 528 g/mol. The molecule has 9 nitrogen and oxygen atoms in total. The molecule has 2 aliphatic heterocycles. The second kappa shape index (κ2) is 10.5. The van der Waals surface area contributed by atoms with Crippen molar-refractivity contribution < 1.29 is 14.3 Å². The minimum Gasteiger partial charge on any atom is -0.398 e. The van der Waals surface area contributed by atoms with E-state index < -0.39 is 0 Å². The lowest BCUT2D eigenvalue weighted by molar-refractivity contribution is 0.0303. The Bertz CT molecular complexity index is 1510. The molecule has 1 amide bonds. The van der Waals surface area contributed by atoms with Gasteiger partial charge in [0.05, 0.1) is 36.6 Å². The zero-order valence-electron chi connectivity index (χ0n) is 20.9. The molecular formula is C28H28N6O3S. The molecule has 3 N–H and O–H groups in total. The Balaban J connectivity index is 1.45. The van der Waals surface area contributed by atoms with Crippen molar-refractivity contribution in [3.8, 4) is 21.8 Å². The summed E-state index contributed by atoms with van der Waals surface area (Å²) >= 11 is 1.62. The van der Waals surface area contributed by atoms with Crippen molar-refractivity contribution in [2.75, 3.05) is 63.2 Å². The zero-order valence-corrected chi connectivity index (χ0v) is 21.7. The highest BCUT2D eigenvalue weighted by molar-refractivity contribution is 7.22. The summed E-state index contributed by atoms with van der Waals surface area (Å²) in [6, 6.07) is 15.4. The number of amides is 1. The first kappa shape index (κ1) is 24.5. The third-order valence-corrected chi connectivity index (χ3v) is 8.05. The van der Waals surface area contributed by atoms with Gasteiger partial charge in [-0.15, -0.1) is 11.3 Å². The fourth-order valence-corrected chi connectivity index (χ4v) is 5.97. The number of nitrogens with one attached hydrogen (secondary N) is 1. The Kier molecular flexibility index (Phi) is 6.75. The molecule has 2 fully saturated rings. The maximum Gasteiger partial charge on any atom is 0.254 e. The minimum atomic E-state index is 0.0215. The smallest absolute Gasteiger partial charge is 0.254 e. The molecule has 38 heavy (non-hydrogen) atoms. The van der Waals surface area contributed by atoms with Gasteiger partial charge in [0.15, 0.2) is 11.6 Å². The molecule has 0 spiro atoms. The first-order valence-electron chi connectivity index (χ1n) is 12.6. The molecule has 194 valence electrons. The number of hydrogen-bond donors (Lipinski definition) is 2. The van der Waals surface area contributed by atoms with Crippen LogP contribution < -0.4 is 10.6 Å². The predicted octanol–water partition coefficient (Wildman–Crippen LogP) is 3.91. The standard InChI is InChI=1S/C28H28N6O3S/c29-17-21-20(5-2-6-22(21)30)26-31-23-16-24(38-25(23)27(32-26)33-7-11-36-12-8-33)18-3-1-4-19(15-18)28(35)34-9-13-37-14-10-34/h1-6,15-17,29H,7-14,30H2. The maximum atomic E-state index is 13.1. The summed E-state index contributed by atoms with van der Waals surface area (Å²) in [4.78, 5) is 28.1. The number of morpholine rings is 2. The largest absolute Gasteiger partial charge is 0.398 e. The molecule has 10 heteroatoms. The van der Waals surface area contributed by atoms with Crippen LogP contribution in [-0.4, -0.2) is 79.6 Å². The van der Waals surface area contributed by atoms with Crippen LogP contribution in [0.5, 0.6) is 0 Å². The van der Waals surface area contributed by atoms with Gasteiger partial charge in [-0.2, -0.15) is 0 Å². The van der Waals surface area contributed by atoms with Crippen molar-refractivity contribution in [1.29, 1.82) is 5.41 Å². The fraction of sp³-hybridized carbons (Fsp3) is 0.286. The molecule has 0 unspecified atom stereocenters. The van der Waals surface area contributed by atoms with Gasteiger partial charge >= 0.3 is 0 Å². The van der Waals surface area contributed by atoms with Crippen LogP contribution in [0.15, 0.2) is 48.5 Å². The number of nitrogen functional groups attached to an aromatic ring is 1. The molecule has 0 aliphatic carbocycles. The lowest BCUT2D eigenvalue weighted by atomic mass is 10.1. The number of anilines is 2. The SMILES string of the molecule is N=Cc1c(N)cccc1-c1nc(N2CCOCC2)c2sc(-c3cccc(C(=O)N4CCOCC4)c3)cc2n1. The number of ether oxygens (including phenoxy) is 2. The average Bonchev–Trinajstić information content (AvgIpc) is 3.41. The van der Waals surface area contributed by atoms with Gasteiger partial charge in [-0.05, 0) is 29.8 Å². The molecule has 0 saturated carbocycles. The lowest BCUT2D eigenvalue weighted by Crippen LogP contribution is -2.40. The van der Waals surface area contributed by atoms with E-state index in [2.05, 4.69) is 11.0 Å². The van der Waals surface area contributed by atoms with E-state index in [4.69, 9.17) is 30.6 Å². The summed E-state index contributed by atoms with van der Waals surface area (Å²) in [7, 11) is 0. The summed E-state index contributed by atoms with van der Waals surface area (Å²) < 4.78 is 12.0. The number of nitrogens with zero attached hydrogens (tertiary/aromatic N) is 4. The molecule has 0 atom stereocenters. The third kappa shape index (κ3) is 4.62. The quantitative estimate of drug-likeness (QED) is 0.298. The second-order valence-corrected chi connectivity index (χ2v) is 10.3. The van der Waals surface area contributed by atoms with Gasteiger partial charge in [0.25, 0.3) is 5.91 Å². The van der Waals surface area contributed by atoms with Crippen LogP contribution in [0.1, 0.15) is 15.9 Å². The Morgan fingerprint density at radius 2 is 1.71 bits per heavy atom. The molecule has 0 radical (unpaired) electrons. The number of benzene rings is 2. The van der Waals surface area contributed by atoms with Crippen LogP contribution in [-0.2, 0) is 9.47 Å². The summed E-state index contributed by atoms with van der Waals surface area (Å²) in [5.74, 6) is 1.40. The van der Waals surface area contributed by atoms with Crippen LogP contribution in [0.3, 0.4) is 0 Å². The zero-order chi connectivity index (χ0) is 26.1. The van der Waals surface area contributed by atoms with E-state index in [1.165, 1.54) is 6.21 Å². The summed E-state index contributed by atoms with van der Waals surface area (Å²) in [6.07, 6.45) is 1.25. The van der Waals surface area contributed by atoms with Gasteiger partial charge in [0.1, 0.15) is 0 Å². The van der Waals surface area contributed by atoms with Gasteiger partial charge in [-0.3, -0.25) is 4.79 Å². The number of hydrogen-bond acceptors (Lipinski definition) is 9. The van der Waals surface area contributed by atoms with Crippen molar-refractivity contribution >= 4 is 45.2 Å². The third-order valence-electron chi connectivity index (χ3n) is 6.88. The van der Waals surface area contributed by atoms with Crippen LogP contribution >= 0.6 is 11.3 Å². The molecule has 2 aromatic heterocycles. The number of aromatic nitrogens is 2. The maximum absolute atomic E-state index is 13.1. The van der Waals surface area contributed by atoms with Crippen molar-refractivity contribution in [3.05, 3.63) is 59.7 Å². The van der Waals surface area contributed by atoms with Crippen LogP contribution in [0.25, 0.3) is 32.0 Å². The number of thiophene rings is 1. The van der Waals surface area contributed by atoms with E-state index >= 15 is 0 Å². The van der Waals surface area contributed by atoms with Gasteiger partial charge in [0, 0.05) is 59.6 Å². The number of carbonyl (C=O) groups is 1. The normalized spacial score (nSPS) is 16.1. The molecule has 0 bridgehead atoms. The van der Waals surface area contributed by atoms with E-state index in [0.717, 1.165) is 45.1 Å². The van der Waals surface area contributed by atoms with Gasteiger partial charge in [0.2, 0.25) is 0 Å². The molecule has 4 heterocycles. The summed E-state index contributed by atoms with van der Waals surface area (Å²) in [5.41, 5.74) is 10.5. The Hall–Kier alpha value is -3.86. The topological polar surface area (TPSA) is 118 Å². The Labute approximate surface area is 224 Å². The van der Waals surface area contributed by atoms with Crippen molar-refractivity contribution in [1.82, 2.24) is 14.9 Å². The van der Waals surface area contributed by atoms with E-state index in [9.17, 15) is 4.79 Å². The van der Waals surface area contributed by atoms with Crippen molar-refractivity contribution in [2.45, 2.75) is 0 Å². The van der Waals surface area contributed by atoms with Crippen molar-refractivity contribution in [2.24, 2.45) is 0 Å². The Morgan fingerprint density at radius 1 is 0.974 bits per heavy atom. The van der Waals surface area contributed by atoms with Crippen molar-refractivity contribution in [3.63, 3.8) is 0 Å². The first-order chi connectivity index (χ1) is 18.6. The number of nitrogens with two attached hydrogens (primary N) is 1. The first-order valence-corrected chi connectivity index (χ1v) is 13.4. The highest BCUT2D eigenvalue weighted by Crippen LogP contribution is 2.39. The highest BCUT2D eigenvalue weighted by atomic mass is 32.1. The minimum absolute atomic E-state index is 0.0215.